The maximum atomic E-state index is 5.34. The lowest BCUT2D eigenvalue weighted by molar-refractivity contribution is 0.332. The van der Waals surface area contributed by atoms with Crippen LogP contribution >= 0.6 is 12.2 Å². The van der Waals surface area contributed by atoms with E-state index in [0.717, 1.165) is 16.8 Å². The highest BCUT2D eigenvalue weighted by atomic mass is 32.1. The molecule has 0 saturated carbocycles. The molecule has 4 nitrogen and oxygen atoms in total. The highest BCUT2D eigenvalue weighted by Gasteiger charge is 2.06. The first-order valence-corrected chi connectivity index (χ1v) is 4.65. The first-order valence-electron chi connectivity index (χ1n) is 4.24. The number of H-pyrrole nitrogens is 1. The average Bonchev–Trinajstić information content (AvgIpc) is 2.45. The Morgan fingerprint density at radius 3 is 3.07 bits per heavy atom. The number of aryl methyl sites for hydroxylation is 1. The molecule has 0 amide bonds. The summed E-state index contributed by atoms with van der Waals surface area (Å²) in [6.45, 7) is 0.164. The molecule has 0 atom stereocenters. The van der Waals surface area contributed by atoms with Crippen molar-refractivity contribution in [1.29, 1.82) is 0 Å². The SMILES string of the molecule is Cn1c(=S)[nH]c2cccc(OCN)c21. The van der Waals surface area contributed by atoms with Gasteiger partial charge in [0.15, 0.2) is 4.77 Å². The van der Waals surface area contributed by atoms with Crippen LogP contribution in [0.3, 0.4) is 0 Å². The van der Waals surface area contributed by atoms with Crippen LogP contribution in [0.4, 0.5) is 0 Å². The molecule has 3 N–H and O–H groups in total. The number of aromatic amines is 1. The Kier molecular flexibility index (Phi) is 2.26. The van der Waals surface area contributed by atoms with Crippen LogP contribution in [-0.2, 0) is 7.05 Å². The van der Waals surface area contributed by atoms with Gasteiger partial charge in [0.25, 0.3) is 0 Å². The third kappa shape index (κ3) is 1.30. The first-order chi connectivity index (χ1) is 6.74. The average molecular weight is 209 g/mol. The molecule has 0 spiro atoms. The van der Waals surface area contributed by atoms with Gasteiger partial charge in [0, 0.05) is 7.05 Å². The van der Waals surface area contributed by atoms with Crippen molar-refractivity contribution >= 4 is 23.3 Å². The number of fused-ring (bicyclic) bond motifs is 1. The molecule has 0 aliphatic rings. The molecule has 74 valence electrons. The van der Waals surface area contributed by atoms with Gasteiger partial charge in [0.1, 0.15) is 18.0 Å². The number of nitrogens with two attached hydrogens (primary N) is 1. The Bertz CT molecular complexity index is 514. The van der Waals surface area contributed by atoms with Crippen molar-refractivity contribution in [2.75, 3.05) is 6.73 Å². The summed E-state index contributed by atoms with van der Waals surface area (Å²) in [5.74, 6) is 0.750. The van der Waals surface area contributed by atoms with Crippen LogP contribution in [0.25, 0.3) is 11.0 Å². The van der Waals surface area contributed by atoms with Crippen LogP contribution in [0, 0.1) is 4.77 Å². The fourth-order valence-corrected chi connectivity index (χ4v) is 1.68. The van der Waals surface area contributed by atoms with Crippen molar-refractivity contribution in [3.8, 4) is 5.75 Å². The molecule has 2 rings (SSSR count). The Morgan fingerprint density at radius 2 is 2.36 bits per heavy atom. The fraction of sp³-hybridized carbons (Fsp3) is 0.222. The van der Waals surface area contributed by atoms with E-state index in [-0.39, 0.29) is 6.73 Å². The van der Waals surface area contributed by atoms with Gasteiger partial charge in [-0.3, -0.25) is 5.73 Å². The maximum absolute atomic E-state index is 5.34. The molecule has 0 aliphatic carbocycles. The van der Waals surface area contributed by atoms with E-state index >= 15 is 0 Å². The molecule has 0 radical (unpaired) electrons. The number of nitrogens with one attached hydrogen (secondary N) is 1. The minimum atomic E-state index is 0.164. The molecular formula is C9H11N3OS. The van der Waals surface area contributed by atoms with Crippen molar-refractivity contribution in [1.82, 2.24) is 9.55 Å². The van der Waals surface area contributed by atoms with Gasteiger partial charge in [-0.2, -0.15) is 0 Å². The lowest BCUT2D eigenvalue weighted by atomic mass is 10.3. The summed E-state index contributed by atoms with van der Waals surface area (Å²) in [4.78, 5) is 3.08. The van der Waals surface area contributed by atoms with Gasteiger partial charge in [0.05, 0.1) is 5.52 Å². The minimum Gasteiger partial charge on any atom is -0.476 e. The van der Waals surface area contributed by atoms with Crippen LogP contribution in [-0.4, -0.2) is 16.3 Å². The summed E-state index contributed by atoms with van der Waals surface area (Å²) in [5, 5.41) is 0. The van der Waals surface area contributed by atoms with Crippen molar-refractivity contribution in [3.63, 3.8) is 0 Å². The number of hydrogen-bond acceptors (Lipinski definition) is 3. The van der Waals surface area contributed by atoms with Crippen LogP contribution in [0.15, 0.2) is 18.2 Å². The zero-order chi connectivity index (χ0) is 10.1. The number of ether oxygens (including phenoxy) is 1. The number of imidazole rings is 1. The van der Waals surface area contributed by atoms with Crippen LogP contribution in [0.2, 0.25) is 0 Å². The molecule has 1 aromatic heterocycles. The van der Waals surface area contributed by atoms with Gasteiger partial charge in [-0.05, 0) is 24.4 Å². The molecule has 0 bridgehead atoms. The molecule has 0 unspecified atom stereocenters. The number of benzene rings is 1. The van der Waals surface area contributed by atoms with Crippen molar-refractivity contribution in [2.45, 2.75) is 0 Å². The molecule has 1 heterocycles. The van der Waals surface area contributed by atoms with E-state index in [0.29, 0.717) is 4.77 Å². The van der Waals surface area contributed by atoms with Crippen molar-refractivity contribution in [3.05, 3.63) is 23.0 Å². The molecule has 0 aliphatic heterocycles. The van der Waals surface area contributed by atoms with E-state index in [4.69, 9.17) is 22.7 Å². The Hall–Kier alpha value is -1.33. The summed E-state index contributed by atoms with van der Waals surface area (Å²) < 4.78 is 7.85. The van der Waals surface area contributed by atoms with Crippen molar-refractivity contribution < 1.29 is 4.74 Å². The van der Waals surface area contributed by atoms with Gasteiger partial charge >= 0.3 is 0 Å². The summed E-state index contributed by atoms with van der Waals surface area (Å²) in [6.07, 6.45) is 0. The largest absolute Gasteiger partial charge is 0.476 e. The monoisotopic (exact) mass is 209 g/mol. The number of aromatic nitrogens is 2. The first kappa shape index (κ1) is 9.23. The summed E-state index contributed by atoms with van der Waals surface area (Å²) >= 11 is 5.12. The molecule has 1 aromatic carbocycles. The van der Waals surface area contributed by atoms with Gasteiger partial charge < -0.3 is 14.3 Å². The van der Waals surface area contributed by atoms with Crippen molar-refractivity contribution in [2.24, 2.45) is 12.8 Å². The van der Waals surface area contributed by atoms with E-state index in [1.807, 2.05) is 29.8 Å². The molecule has 14 heavy (non-hydrogen) atoms. The lowest BCUT2D eigenvalue weighted by Crippen LogP contribution is -2.08. The van der Waals surface area contributed by atoms with E-state index in [1.165, 1.54) is 0 Å². The third-order valence-corrected chi connectivity index (χ3v) is 2.50. The van der Waals surface area contributed by atoms with E-state index in [2.05, 4.69) is 4.98 Å². The van der Waals surface area contributed by atoms with Crippen LogP contribution in [0.5, 0.6) is 5.75 Å². The van der Waals surface area contributed by atoms with Crippen LogP contribution < -0.4 is 10.5 Å². The second-order valence-corrected chi connectivity index (χ2v) is 3.34. The van der Waals surface area contributed by atoms with Gasteiger partial charge in [-0.1, -0.05) is 6.07 Å². The maximum Gasteiger partial charge on any atom is 0.177 e. The summed E-state index contributed by atoms with van der Waals surface area (Å²) in [7, 11) is 1.89. The van der Waals surface area contributed by atoms with E-state index < -0.39 is 0 Å². The van der Waals surface area contributed by atoms with Gasteiger partial charge in [-0.15, -0.1) is 0 Å². The predicted octanol–water partition coefficient (Wildman–Crippen LogP) is 1.53. The van der Waals surface area contributed by atoms with Gasteiger partial charge in [0.2, 0.25) is 0 Å². The zero-order valence-electron chi connectivity index (χ0n) is 7.78. The molecule has 5 heteroatoms. The van der Waals surface area contributed by atoms with Crippen LogP contribution in [0.1, 0.15) is 0 Å². The Balaban J connectivity index is 2.77. The molecule has 0 saturated heterocycles. The molecular weight excluding hydrogens is 198 g/mol. The third-order valence-electron chi connectivity index (χ3n) is 2.12. The zero-order valence-corrected chi connectivity index (χ0v) is 8.60. The second kappa shape index (κ2) is 3.43. The Morgan fingerprint density at radius 1 is 1.57 bits per heavy atom. The van der Waals surface area contributed by atoms with Gasteiger partial charge in [-0.25, -0.2) is 0 Å². The highest BCUT2D eigenvalue weighted by Crippen LogP contribution is 2.24. The normalized spacial score (nSPS) is 10.7. The number of rotatable bonds is 2. The fourth-order valence-electron chi connectivity index (χ4n) is 1.48. The minimum absolute atomic E-state index is 0.164. The molecule has 2 aromatic rings. The topological polar surface area (TPSA) is 56.0 Å². The predicted molar refractivity (Wildman–Crippen MR) is 57.8 cm³/mol. The Labute approximate surface area is 86.3 Å². The second-order valence-electron chi connectivity index (χ2n) is 2.95. The number of para-hydroxylation sites is 1. The molecule has 0 fully saturated rings. The summed E-state index contributed by atoms with van der Waals surface area (Å²) in [6, 6.07) is 5.73. The lowest BCUT2D eigenvalue weighted by Gasteiger charge is -2.05. The smallest absolute Gasteiger partial charge is 0.177 e. The summed E-state index contributed by atoms with van der Waals surface area (Å²) in [5.41, 5.74) is 7.25. The quantitative estimate of drug-likeness (QED) is 0.582. The van der Waals surface area contributed by atoms with E-state index in [1.54, 1.807) is 0 Å². The highest BCUT2D eigenvalue weighted by molar-refractivity contribution is 7.71. The standard InChI is InChI=1S/C9H11N3OS/c1-12-8-6(11-9(12)14)3-2-4-7(8)13-5-10/h2-4H,5,10H2,1H3,(H,11,14). The van der Waals surface area contributed by atoms with E-state index in [9.17, 15) is 0 Å². The number of hydrogen-bond donors (Lipinski definition) is 2. The number of nitrogens with zero attached hydrogens (tertiary/aromatic N) is 1.